The molecule has 1 fully saturated rings. The van der Waals surface area contributed by atoms with Crippen LogP contribution in [0, 0.1) is 5.41 Å². The summed E-state index contributed by atoms with van der Waals surface area (Å²) >= 11 is 0. The van der Waals surface area contributed by atoms with Crippen LogP contribution in [0.3, 0.4) is 0 Å². The summed E-state index contributed by atoms with van der Waals surface area (Å²) in [5.41, 5.74) is 2.07. The van der Waals surface area contributed by atoms with E-state index in [9.17, 15) is 4.79 Å². The molecule has 2 amide bonds. The highest BCUT2D eigenvalue weighted by Crippen LogP contribution is 2.48. The molecule has 1 aliphatic rings. The molecule has 1 atom stereocenters. The molecule has 0 aliphatic heterocycles. The lowest BCUT2D eigenvalue weighted by molar-refractivity contribution is 0.119. The molecule has 1 aliphatic carbocycles. The highest BCUT2D eigenvalue weighted by atomic mass is 16.5. The Morgan fingerprint density at radius 2 is 2.14 bits per heavy atom. The Morgan fingerprint density at radius 3 is 2.77 bits per heavy atom. The topological polar surface area (TPSA) is 59.6 Å². The lowest BCUT2D eigenvalue weighted by Crippen LogP contribution is -2.34. The van der Waals surface area contributed by atoms with Gasteiger partial charge in [-0.2, -0.15) is 0 Å². The van der Waals surface area contributed by atoms with Crippen LogP contribution in [0.25, 0.3) is 0 Å². The highest BCUT2D eigenvalue weighted by Gasteiger charge is 2.42. The molecule has 1 aromatic rings. The third-order valence-electron chi connectivity index (χ3n) is 4.39. The zero-order chi connectivity index (χ0) is 16.0. The minimum absolute atomic E-state index is 0.00795. The Balaban J connectivity index is 1.82. The molecule has 1 saturated carbocycles. The molecular formula is C17H26N2O3. The summed E-state index contributed by atoms with van der Waals surface area (Å²) in [6, 6.07) is 7.56. The second-order valence-corrected chi connectivity index (χ2v) is 6.05. The fourth-order valence-electron chi connectivity index (χ4n) is 2.46. The molecule has 0 unspecified atom stereocenters. The maximum absolute atomic E-state index is 12.0. The van der Waals surface area contributed by atoms with Crippen LogP contribution in [0.1, 0.15) is 37.9 Å². The van der Waals surface area contributed by atoms with Gasteiger partial charge in [-0.1, -0.05) is 12.1 Å². The number of anilines is 1. The predicted octanol–water partition coefficient (Wildman–Crippen LogP) is 3.33. The van der Waals surface area contributed by atoms with Crippen molar-refractivity contribution in [1.82, 2.24) is 5.32 Å². The summed E-state index contributed by atoms with van der Waals surface area (Å²) in [7, 11) is 3.39. The molecular weight excluding hydrogens is 280 g/mol. The highest BCUT2D eigenvalue weighted by molar-refractivity contribution is 5.89. The van der Waals surface area contributed by atoms with E-state index in [1.807, 2.05) is 31.2 Å². The van der Waals surface area contributed by atoms with Crippen molar-refractivity contribution in [2.24, 2.45) is 5.41 Å². The number of nitrogens with one attached hydrogen (secondary N) is 2. The van der Waals surface area contributed by atoms with Crippen molar-refractivity contribution >= 4 is 11.7 Å². The number of methoxy groups -OCH3 is 2. The molecule has 2 N–H and O–H groups in total. The number of urea groups is 1. The minimum Gasteiger partial charge on any atom is -0.385 e. The van der Waals surface area contributed by atoms with Crippen molar-refractivity contribution in [1.29, 1.82) is 0 Å². The van der Waals surface area contributed by atoms with Crippen LogP contribution in [0.5, 0.6) is 0 Å². The molecule has 0 radical (unpaired) electrons. The smallest absolute Gasteiger partial charge is 0.319 e. The number of carbonyl (C=O) groups excluding carboxylic acids is 1. The first-order valence-corrected chi connectivity index (χ1v) is 7.75. The molecule has 0 aromatic heterocycles. The zero-order valence-electron chi connectivity index (χ0n) is 13.6. The molecule has 5 heteroatoms. The van der Waals surface area contributed by atoms with Gasteiger partial charge in [0.2, 0.25) is 0 Å². The standard InChI is InChI=1S/C17H26N2O3/c1-13(22-3)14-5-4-6-15(11-14)19-16(20)18-12-17(7-8-17)9-10-21-2/h4-6,11,13H,7-10,12H2,1-3H3,(H2,18,19,20)/t13-/m0/s1. The lowest BCUT2D eigenvalue weighted by atomic mass is 10.0. The number of ether oxygens (including phenoxy) is 2. The largest absolute Gasteiger partial charge is 0.385 e. The lowest BCUT2D eigenvalue weighted by Gasteiger charge is -2.16. The van der Waals surface area contributed by atoms with Crippen molar-refractivity contribution in [2.75, 3.05) is 32.7 Å². The van der Waals surface area contributed by atoms with E-state index < -0.39 is 0 Å². The second kappa shape index (κ2) is 7.61. The third-order valence-corrected chi connectivity index (χ3v) is 4.39. The van der Waals surface area contributed by atoms with Crippen LogP contribution < -0.4 is 10.6 Å². The molecule has 2 rings (SSSR count). The first-order valence-electron chi connectivity index (χ1n) is 7.75. The second-order valence-electron chi connectivity index (χ2n) is 6.05. The number of rotatable bonds is 8. The summed E-state index contributed by atoms with van der Waals surface area (Å²) in [4.78, 5) is 12.0. The van der Waals surface area contributed by atoms with Gasteiger partial charge in [0.15, 0.2) is 0 Å². The quantitative estimate of drug-likeness (QED) is 0.774. The summed E-state index contributed by atoms with van der Waals surface area (Å²) < 4.78 is 10.4. The van der Waals surface area contributed by atoms with E-state index in [1.54, 1.807) is 14.2 Å². The van der Waals surface area contributed by atoms with Gasteiger partial charge in [0.05, 0.1) is 6.10 Å². The van der Waals surface area contributed by atoms with Gasteiger partial charge in [0.1, 0.15) is 0 Å². The Bertz CT molecular complexity index is 500. The SMILES string of the molecule is COCCC1(CNC(=O)Nc2cccc([C@H](C)OC)c2)CC1. The molecule has 0 saturated heterocycles. The normalized spacial score (nSPS) is 16.9. The summed E-state index contributed by atoms with van der Waals surface area (Å²) in [5.74, 6) is 0. The third kappa shape index (κ3) is 4.71. The van der Waals surface area contributed by atoms with Crippen LogP contribution >= 0.6 is 0 Å². The molecule has 0 bridgehead atoms. The zero-order valence-corrected chi connectivity index (χ0v) is 13.6. The summed E-state index contributed by atoms with van der Waals surface area (Å²) in [6.07, 6.45) is 3.34. The summed E-state index contributed by atoms with van der Waals surface area (Å²) in [6.45, 7) is 3.43. The number of amides is 2. The molecule has 5 nitrogen and oxygen atoms in total. The monoisotopic (exact) mass is 306 g/mol. The molecule has 122 valence electrons. The van der Waals surface area contributed by atoms with Gasteiger partial charge >= 0.3 is 6.03 Å². The number of benzene rings is 1. The number of carbonyl (C=O) groups is 1. The van der Waals surface area contributed by atoms with Crippen molar-refractivity contribution < 1.29 is 14.3 Å². The first kappa shape index (κ1) is 16.8. The molecule has 1 aromatic carbocycles. The fourth-order valence-corrected chi connectivity index (χ4v) is 2.46. The van der Waals surface area contributed by atoms with Crippen LogP contribution in [-0.4, -0.2) is 33.4 Å². The Kier molecular flexibility index (Phi) is 5.80. The Morgan fingerprint density at radius 1 is 1.36 bits per heavy atom. The van der Waals surface area contributed by atoms with E-state index in [1.165, 1.54) is 0 Å². The van der Waals surface area contributed by atoms with Crippen LogP contribution in [0.4, 0.5) is 10.5 Å². The van der Waals surface area contributed by atoms with Gasteiger partial charge in [0, 0.05) is 33.1 Å². The Hall–Kier alpha value is -1.59. The van der Waals surface area contributed by atoms with E-state index in [0.717, 1.165) is 37.1 Å². The van der Waals surface area contributed by atoms with Crippen LogP contribution in [0.2, 0.25) is 0 Å². The van der Waals surface area contributed by atoms with Gasteiger partial charge in [0.25, 0.3) is 0 Å². The molecule has 0 spiro atoms. The van der Waals surface area contributed by atoms with Gasteiger partial charge in [-0.3, -0.25) is 0 Å². The first-order chi connectivity index (χ1) is 10.6. The summed E-state index contributed by atoms with van der Waals surface area (Å²) in [5, 5.41) is 5.85. The fraction of sp³-hybridized carbons (Fsp3) is 0.588. The number of hydrogen-bond acceptors (Lipinski definition) is 3. The van der Waals surface area contributed by atoms with E-state index in [2.05, 4.69) is 10.6 Å². The number of hydrogen-bond donors (Lipinski definition) is 2. The predicted molar refractivity (Wildman–Crippen MR) is 87.0 cm³/mol. The van der Waals surface area contributed by atoms with E-state index in [4.69, 9.17) is 9.47 Å². The molecule has 22 heavy (non-hydrogen) atoms. The van der Waals surface area contributed by atoms with Gasteiger partial charge in [-0.25, -0.2) is 4.79 Å². The van der Waals surface area contributed by atoms with Crippen molar-refractivity contribution in [3.05, 3.63) is 29.8 Å². The average Bonchev–Trinajstić information content (AvgIpc) is 3.31. The van der Waals surface area contributed by atoms with Crippen molar-refractivity contribution in [3.8, 4) is 0 Å². The van der Waals surface area contributed by atoms with Gasteiger partial charge in [-0.15, -0.1) is 0 Å². The van der Waals surface area contributed by atoms with Gasteiger partial charge in [-0.05, 0) is 49.3 Å². The minimum atomic E-state index is -0.161. The van der Waals surface area contributed by atoms with Gasteiger partial charge < -0.3 is 20.1 Å². The van der Waals surface area contributed by atoms with Crippen molar-refractivity contribution in [2.45, 2.75) is 32.3 Å². The molecule has 0 heterocycles. The van der Waals surface area contributed by atoms with Crippen LogP contribution in [-0.2, 0) is 9.47 Å². The maximum Gasteiger partial charge on any atom is 0.319 e. The average molecular weight is 306 g/mol. The maximum atomic E-state index is 12.0. The Labute approximate surface area is 132 Å². The van der Waals surface area contributed by atoms with Crippen molar-refractivity contribution in [3.63, 3.8) is 0 Å². The van der Waals surface area contributed by atoms with E-state index in [-0.39, 0.29) is 17.6 Å². The van der Waals surface area contributed by atoms with E-state index in [0.29, 0.717) is 6.54 Å². The van der Waals surface area contributed by atoms with Crippen LogP contribution in [0.15, 0.2) is 24.3 Å². The van der Waals surface area contributed by atoms with E-state index >= 15 is 0 Å².